The largest absolute Gasteiger partial charge is 1.00 e. The van der Waals surface area contributed by atoms with Crippen LogP contribution in [0.2, 0.25) is 5.02 Å². The van der Waals surface area contributed by atoms with Crippen LogP contribution in [-0.2, 0) is 22.1 Å². The fourth-order valence-corrected chi connectivity index (χ4v) is 4.19. The van der Waals surface area contributed by atoms with Crippen LogP contribution in [0, 0.1) is 0 Å². The van der Waals surface area contributed by atoms with Gasteiger partial charge in [0.05, 0.1) is 17.2 Å². The molecule has 1 amide bonds. The van der Waals surface area contributed by atoms with E-state index in [2.05, 4.69) is 5.32 Å². The van der Waals surface area contributed by atoms with Gasteiger partial charge in [-0.1, -0.05) is 23.7 Å². The number of carboxylic acid groups (broad SMARTS) is 1. The molecule has 3 aromatic rings. The Morgan fingerprint density at radius 3 is 2.38 bits per heavy atom. The van der Waals surface area contributed by atoms with Crippen molar-refractivity contribution in [3.8, 4) is 17.2 Å². The quantitative estimate of drug-likeness (QED) is 0.327. The van der Waals surface area contributed by atoms with E-state index in [1.807, 2.05) is 0 Å². The number of halogens is 4. The van der Waals surface area contributed by atoms with E-state index < -0.39 is 35.8 Å². The maximum atomic E-state index is 12.8. The number of carbonyl (C=O) groups excluding carboxylic acids is 2. The fourth-order valence-electron chi connectivity index (χ4n) is 3.98. The molecule has 3 aromatic carbocycles. The van der Waals surface area contributed by atoms with Gasteiger partial charge in [-0.05, 0) is 54.4 Å². The predicted molar refractivity (Wildman–Crippen MR) is 129 cm³/mol. The molecule has 39 heavy (non-hydrogen) atoms. The van der Waals surface area contributed by atoms with Crippen LogP contribution in [0.5, 0.6) is 17.2 Å². The normalized spacial score (nSPS) is 15.3. The van der Waals surface area contributed by atoms with E-state index in [1.165, 1.54) is 43.5 Å². The van der Waals surface area contributed by atoms with Gasteiger partial charge >= 0.3 is 35.7 Å². The molecule has 0 saturated heterocycles. The van der Waals surface area contributed by atoms with Crippen LogP contribution >= 0.6 is 11.6 Å². The van der Waals surface area contributed by atoms with Crippen LogP contribution in [0.3, 0.4) is 0 Å². The average Bonchev–Trinajstić information content (AvgIpc) is 2.88. The molecule has 1 N–H and O–H groups in total. The summed E-state index contributed by atoms with van der Waals surface area (Å²) in [6.45, 7) is 0.220. The Balaban J connectivity index is 0.00000420. The van der Waals surface area contributed by atoms with Crippen molar-refractivity contribution >= 4 is 23.5 Å². The first-order valence-corrected chi connectivity index (χ1v) is 11.9. The van der Waals surface area contributed by atoms with Crippen molar-refractivity contribution in [2.24, 2.45) is 0 Å². The molecule has 0 fully saturated rings. The topological polar surface area (TPSA) is 96.9 Å². The number of nitrogens with one attached hydrogen (secondary N) is 1. The molecule has 0 aliphatic carbocycles. The number of ether oxygens (including phenoxy) is 3. The maximum absolute atomic E-state index is 12.8. The monoisotopic (exact) mass is 571 g/mol. The molecule has 0 saturated carbocycles. The van der Waals surface area contributed by atoms with Gasteiger partial charge in [-0.15, -0.1) is 0 Å². The molecule has 0 radical (unpaired) electrons. The average molecular weight is 572 g/mol. The van der Waals surface area contributed by atoms with Crippen molar-refractivity contribution in [2.75, 3.05) is 13.7 Å². The van der Waals surface area contributed by atoms with Crippen LogP contribution in [0.4, 0.5) is 13.2 Å². The number of benzene rings is 3. The molecular formula is C27H22ClF3NNaO6. The zero-order valence-corrected chi connectivity index (χ0v) is 23.8. The number of hydrogen-bond donors (Lipinski definition) is 1. The van der Waals surface area contributed by atoms with E-state index in [1.54, 1.807) is 12.1 Å². The third-order valence-corrected chi connectivity index (χ3v) is 6.31. The van der Waals surface area contributed by atoms with Crippen LogP contribution in [0.25, 0.3) is 0 Å². The third kappa shape index (κ3) is 7.67. The Labute approximate surface area is 249 Å². The van der Waals surface area contributed by atoms with Crippen LogP contribution in [0.15, 0.2) is 60.7 Å². The van der Waals surface area contributed by atoms with Gasteiger partial charge in [-0.25, -0.2) is 0 Å². The summed E-state index contributed by atoms with van der Waals surface area (Å²) in [6, 6.07) is 13.8. The summed E-state index contributed by atoms with van der Waals surface area (Å²) >= 11 is 6.31. The first kappa shape index (κ1) is 30.8. The van der Waals surface area contributed by atoms with Crippen molar-refractivity contribution in [2.45, 2.75) is 31.2 Å². The molecule has 0 aromatic heterocycles. The van der Waals surface area contributed by atoms with Crippen molar-refractivity contribution in [3.05, 3.63) is 87.9 Å². The minimum atomic E-state index is -4.43. The summed E-state index contributed by atoms with van der Waals surface area (Å²) in [7, 11) is 1.38. The SMILES string of the molecule is COC(Cc1ccc(C(F)(F)F)cc1)NC(=O)c1ccc(Oc2cc3c(cc2Cl)C(C(=O)[O-])CCO3)cc1.[Na+]. The summed E-state index contributed by atoms with van der Waals surface area (Å²) in [4.78, 5) is 24.1. The van der Waals surface area contributed by atoms with E-state index in [4.69, 9.17) is 25.8 Å². The summed E-state index contributed by atoms with van der Waals surface area (Å²) in [5.74, 6) is -1.52. The Morgan fingerprint density at radius 1 is 1.13 bits per heavy atom. The van der Waals surface area contributed by atoms with Gasteiger partial charge in [-0.2, -0.15) is 13.2 Å². The Hall–Kier alpha value is -2.76. The van der Waals surface area contributed by atoms with Crippen molar-refractivity contribution in [3.63, 3.8) is 0 Å². The second-order valence-corrected chi connectivity index (χ2v) is 8.96. The van der Waals surface area contributed by atoms with Crippen molar-refractivity contribution < 1.29 is 71.6 Å². The van der Waals surface area contributed by atoms with E-state index in [0.29, 0.717) is 28.2 Å². The second kappa shape index (κ2) is 13.1. The van der Waals surface area contributed by atoms with E-state index in [9.17, 15) is 27.9 Å². The number of aliphatic carboxylic acids is 1. The first-order valence-electron chi connectivity index (χ1n) is 11.5. The molecule has 4 rings (SSSR count). The number of amides is 1. The van der Waals surface area contributed by atoms with Crippen LogP contribution in [0.1, 0.15) is 39.4 Å². The number of alkyl halides is 3. The molecule has 2 unspecified atom stereocenters. The summed E-state index contributed by atoms with van der Waals surface area (Å²) in [5.41, 5.74) is 0.520. The smallest absolute Gasteiger partial charge is 0.549 e. The summed E-state index contributed by atoms with van der Waals surface area (Å²) in [6.07, 6.45) is -4.75. The first-order chi connectivity index (χ1) is 18.0. The molecule has 0 spiro atoms. The van der Waals surface area contributed by atoms with Crippen LogP contribution < -0.4 is 49.5 Å². The number of carboxylic acids is 1. The van der Waals surface area contributed by atoms with Gasteiger partial charge in [-0.3, -0.25) is 4.79 Å². The molecule has 0 bridgehead atoms. The number of fused-ring (bicyclic) bond motifs is 1. The number of methoxy groups -OCH3 is 1. The predicted octanol–water partition coefficient (Wildman–Crippen LogP) is 1.72. The summed E-state index contributed by atoms with van der Waals surface area (Å²) < 4.78 is 54.9. The summed E-state index contributed by atoms with van der Waals surface area (Å²) in [5, 5.41) is 14.3. The van der Waals surface area contributed by atoms with Gasteiger partial charge in [0.25, 0.3) is 5.91 Å². The number of hydrogen-bond acceptors (Lipinski definition) is 6. The second-order valence-electron chi connectivity index (χ2n) is 8.55. The van der Waals surface area contributed by atoms with Crippen LogP contribution in [-0.4, -0.2) is 31.8 Å². The minimum Gasteiger partial charge on any atom is -0.549 e. The Bertz CT molecular complexity index is 1320. The number of carbonyl (C=O) groups is 2. The maximum Gasteiger partial charge on any atom is 1.00 e. The molecule has 1 aliphatic heterocycles. The molecular weight excluding hydrogens is 550 g/mol. The standard InChI is InChI=1S/C27H23ClF3NO6.Na/c1-36-24(12-15-2-6-17(7-3-15)27(29,30)31)32-25(33)16-4-8-18(9-5-16)38-23-14-22-20(13-21(23)28)19(26(34)35)10-11-37-22;/h2-9,13-14,19,24H,10-12H2,1H3,(H,32,33)(H,34,35);/q;+1/p-1. The van der Waals surface area contributed by atoms with E-state index in [0.717, 1.165) is 12.1 Å². The fraction of sp³-hybridized carbons (Fsp3) is 0.259. The minimum absolute atomic E-state index is 0. The molecule has 7 nitrogen and oxygen atoms in total. The molecule has 12 heteroatoms. The van der Waals surface area contributed by atoms with Gasteiger partial charge < -0.3 is 29.4 Å². The van der Waals surface area contributed by atoms with Gasteiger partial charge in [0.15, 0.2) is 0 Å². The van der Waals surface area contributed by atoms with Gasteiger partial charge in [0, 0.05) is 42.6 Å². The van der Waals surface area contributed by atoms with E-state index >= 15 is 0 Å². The molecule has 1 heterocycles. The van der Waals surface area contributed by atoms with Gasteiger partial charge in [0.2, 0.25) is 0 Å². The molecule has 1 aliphatic rings. The van der Waals surface area contributed by atoms with Crippen molar-refractivity contribution in [1.82, 2.24) is 5.32 Å². The Kier molecular flexibility index (Phi) is 10.3. The third-order valence-electron chi connectivity index (χ3n) is 6.01. The molecule has 200 valence electrons. The zero-order valence-electron chi connectivity index (χ0n) is 21.0. The van der Waals surface area contributed by atoms with E-state index in [-0.39, 0.29) is 59.8 Å². The number of rotatable bonds is 8. The Morgan fingerprint density at radius 2 is 1.79 bits per heavy atom. The van der Waals surface area contributed by atoms with Crippen molar-refractivity contribution in [1.29, 1.82) is 0 Å². The molecule has 2 atom stereocenters. The van der Waals surface area contributed by atoms with Gasteiger partial charge in [0.1, 0.15) is 23.5 Å². The zero-order chi connectivity index (χ0) is 27.4.